The maximum Gasteiger partial charge on any atom is 0.325 e. The van der Waals surface area contributed by atoms with Crippen LogP contribution in [0.15, 0.2) is 30.3 Å². The molecular weight excluding hydrogens is 208 g/mol. The number of aliphatic hydroxyl groups is 1. The van der Waals surface area contributed by atoms with E-state index in [1.54, 1.807) is 12.1 Å². The number of imide groups is 1. The van der Waals surface area contributed by atoms with Crippen LogP contribution in [0.1, 0.15) is 11.6 Å². The number of nitrogens with zero attached hydrogens (tertiary/aromatic N) is 1. The molecule has 1 unspecified atom stereocenters. The van der Waals surface area contributed by atoms with E-state index in [0.29, 0.717) is 0 Å². The summed E-state index contributed by atoms with van der Waals surface area (Å²) in [5.74, 6) is -0.315. The summed E-state index contributed by atoms with van der Waals surface area (Å²) in [7, 11) is 0. The molecule has 0 radical (unpaired) electrons. The minimum Gasteiger partial charge on any atom is -0.395 e. The first kappa shape index (κ1) is 10.6. The Morgan fingerprint density at radius 3 is 2.56 bits per heavy atom. The van der Waals surface area contributed by atoms with Gasteiger partial charge in [-0.3, -0.25) is 9.69 Å². The van der Waals surface area contributed by atoms with Crippen molar-refractivity contribution in [2.75, 3.05) is 13.2 Å². The van der Waals surface area contributed by atoms with Gasteiger partial charge in [0.2, 0.25) is 0 Å². The molecule has 0 aromatic heterocycles. The van der Waals surface area contributed by atoms with Crippen LogP contribution >= 0.6 is 0 Å². The van der Waals surface area contributed by atoms with Crippen LogP contribution in [0, 0.1) is 0 Å². The number of rotatable bonds is 3. The van der Waals surface area contributed by atoms with Crippen LogP contribution in [-0.2, 0) is 4.79 Å². The Bertz CT molecular complexity index is 405. The summed E-state index contributed by atoms with van der Waals surface area (Å²) in [5.41, 5.74) is 0.751. The Morgan fingerprint density at radius 1 is 1.25 bits per heavy atom. The molecule has 1 aliphatic rings. The summed E-state index contributed by atoms with van der Waals surface area (Å²) < 4.78 is 0. The summed E-state index contributed by atoms with van der Waals surface area (Å²) in [5, 5.41) is 11.3. The Balaban J connectivity index is 2.21. The van der Waals surface area contributed by atoms with Crippen LogP contribution in [-0.4, -0.2) is 35.1 Å². The van der Waals surface area contributed by atoms with E-state index in [9.17, 15) is 9.59 Å². The maximum absolute atomic E-state index is 11.8. The van der Waals surface area contributed by atoms with Gasteiger partial charge in [0.25, 0.3) is 5.91 Å². The number of urea groups is 1. The molecule has 1 saturated heterocycles. The molecule has 0 spiro atoms. The summed E-state index contributed by atoms with van der Waals surface area (Å²) in [6, 6.07) is 7.95. The van der Waals surface area contributed by atoms with E-state index in [1.165, 1.54) is 0 Å². The summed E-state index contributed by atoms with van der Waals surface area (Å²) in [6.45, 7) is -0.186. The van der Waals surface area contributed by atoms with E-state index >= 15 is 0 Å². The number of β-amino-alcohol motifs (C(OH)–C–C–N with tert-alkyl or cyclic N) is 1. The lowest BCUT2D eigenvalue weighted by molar-refractivity contribution is -0.127. The molecule has 5 nitrogen and oxygen atoms in total. The second kappa shape index (κ2) is 4.32. The van der Waals surface area contributed by atoms with Crippen molar-refractivity contribution in [1.82, 2.24) is 10.2 Å². The first-order chi connectivity index (χ1) is 7.74. The SMILES string of the molecule is O=C1NC(c2ccccc2)C(=O)N1CCO. The van der Waals surface area contributed by atoms with E-state index in [2.05, 4.69) is 5.32 Å². The molecule has 0 aliphatic carbocycles. The van der Waals surface area contributed by atoms with Crippen LogP contribution in [0.25, 0.3) is 0 Å². The predicted molar refractivity (Wildman–Crippen MR) is 56.5 cm³/mol. The standard InChI is InChI=1S/C11H12N2O3/c14-7-6-13-10(15)9(12-11(13)16)8-4-2-1-3-5-8/h1-5,9,14H,6-7H2,(H,12,16). The van der Waals surface area contributed by atoms with Gasteiger partial charge in [-0.15, -0.1) is 0 Å². The fourth-order valence-corrected chi connectivity index (χ4v) is 1.70. The molecule has 2 rings (SSSR count). The molecule has 1 aliphatic heterocycles. The summed E-state index contributed by atoms with van der Waals surface area (Å²) in [6.07, 6.45) is 0. The first-order valence-corrected chi connectivity index (χ1v) is 5.01. The van der Waals surface area contributed by atoms with E-state index in [0.717, 1.165) is 10.5 Å². The van der Waals surface area contributed by atoms with Crippen molar-refractivity contribution in [1.29, 1.82) is 0 Å². The third kappa shape index (κ3) is 1.77. The Labute approximate surface area is 92.7 Å². The van der Waals surface area contributed by atoms with Crippen molar-refractivity contribution < 1.29 is 14.7 Å². The molecule has 3 amide bonds. The van der Waals surface area contributed by atoms with Gasteiger partial charge in [-0.1, -0.05) is 30.3 Å². The molecule has 1 aromatic rings. The highest BCUT2D eigenvalue weighted by Gasteiger charge is 2.38. The highest BCUT2D eigenvalue weighted by molar-refractivity contribution is 6.04. The molecule has 0 bridgehead atoms. The second-order valence-corrected chi connectivity index (χ2v) is 3.51. The van der Waals surface area contributed by atoms with E-state index in [-0.39, 0.29) is 19.1 Å². The van der Waals surface area contributed by atoms with Gasteiger partial charge >= 0.3 is 6.03 Å². The number of carbonyl (C=O) groups is 2. The van der Waals surface area contributed by atoms with Crippen LogP contribution in [0.2, 0.25) is 0 Å². The van der Waals surface area contributed by atoms with Gasteiger partial charge in [-0.05, 0) is 5.56 Å². The van der Waals surface area contributed by atoms with Crippen molar-refractivity contribution in [3.8, 4) is 0 Å². The predicted octanol–water partition coefficient (Wildman–Crippen LogP) is 0.272. The van der Waals surface area contributed by atoms with Gasteiger partial charge in [-0.25, -0.2) is 4.79 Å². The lowest BCUT2D eigenvalue weighted by Gasteiger charge is -2.10. The third-order valence-electron chi connectivity index (χ3n) is 2.48. The molecule has 1 aromatic carbocycles. The van der Waals surface area contributed by atoms with Gasteiger partial charge in [0.05, 0.1) is 13.2 Å². The zero-order valence-corrected chi connectivity index (χ0v) is 8.59. The van der Waals surface area contributed by atoms with Gasteiger partial charge in [0.1, 0.15) is 6.04 Å². The highest BCUT2D eigenvalue weighted by Crippen LogP contribution is 2.20. The van der Waals surface area contributed by atoms with Crippen molar-refractivity contribution in [3.05, 3.63) is 35.9 Å². The van der Waals surface area contributed by atoms with Crippen molar-refractivity contribution in [3.63, 3.8) is 0 Å². The van der Waals surface area contributed by atoms with E-state index in [1.807, 2.05) is 18.2 Å². The maximum atomic E-state index is 11.8. The fraction of sp³-hybridized carbons (Fsp3) is 0.273. The number of hydrogen-bond acceptors (Lipinski definition) is 3. The Kier molecular flexibility index (Phi) is 2.87. The van der Waals surface area contributed by atoms with Gasteiger partial charge in [-0.2, -0.15) is 0 Å². The Hall–Kier alpha value is -1.88. The summed E-state index contributed by atoms with van der Waals surface area (Å²) in [4.78, 5) is 24.3. The molecule has 1 atom stereocenters. The lowest BCUT2D eigenvalue weighted by Crippen LogP contribution is -2.33. The zero-order valence-electron chi connectivity index (χ0n) is 8.59. The molecule has 84 valence electrons. The number of amides is 3. The van der Waals surface area contributed by atoms with Crippen molar-refractivity contribution >= 4 is 11.9 Å². The number of nitrogens with one attached hydrogen (secondary N) is 1. The van der Waals surface area contributed by atoms with E-state index < -0.39 is 12.1 Å². The quantitative estimate of drug-likeness (QED) is 0.718. The lowest BCUT2D eigenvalue weighted by atomic mass is 10.1. The van der Waals surface area contributed by atoms with Gasteiger partial charge in [0, 0.05) is 0 Å². The molecule has 5 heteroatoms. The number of carbonyl (C=O) groups excluding carboxylic acids is 2. The van der Waals surface area contributed by atoms with E-state index in [4.69, 9.17) is 5.11 Å². The molecule has 1 heterocycles. The molecule has 0 saturated carbocycles. The fourth-order valence-electron chi connectivity index (χ4n) is 1.70. The van der Waals surface area contributed by atoms with Gasteiger partial charge in [0.15, 0.2) is 0 Å². The van der Waals surface area contributed by atoms with Gasteiger partial charge < -0.3 is 10.4 Å². The Morgan fingerprint density at radius 2 is 1.94 bits per heavy atom. The minimum absolute atomic E-state index is 0.0357. The average Bonchev–Trinajstić information content (AvgIpc) is 2.59. The molecule has 1 fully saturated rings. The highest BCUT2D eigenvalue weighted by atomic mass is 16.3. The summed E-state index contributed by atoms with van der Waals surface area (Å²) >= 11 is 0. The number of aliphatic hydroxyl groups excluding tert-OH is 1. The monoisotopic (exact) mass is 220 g/mol. The number of benzene rings is 1. The van der Waals surface area contributed by atoms with Crippen LogP contribution in [0.5, 0.6) is 0 Å². The number of hydrogen-bond donors (Lipinski definition) is 2. The topological polar surface area (TPSA) is 69.6 Å². The van der Waals surface area contributed by atoms with Crippen LogP contribution in [0.4, 0.5) is 4.79 Å². The molecule has 16 heavy (non-hydrogen) atoms. The third-order valence-corrected chi connectivity index (χ3v) is 2.48. The van der Waals surface area contributed by atoms with Crippen LogP contribution < -0.4 is 5.32 Å². The molecule has 2 N–H and O–H groups in total. The van der Waals surface area contributed by atoms with Crippen LogP contribution in [0.3, 0.4) is 0 Å². The van der Waals surface area contributed by atoms with Crippen molar-refractivity contribution in [2.24, 2.45) is 0 Å². The largest absolute Gasteiger partial charge is 0.395 e. The molecular formula is C11H12N2O3. The smallest absolute Gasteiger partial charge is 0.325 e. The second-order valence-electron chi connectivity index (χ2n) is 3.51. The first-order valence-electron chi connectivity index (χ1n) is 5.01. The minimum atomic E-state index is -0.625. The average molecular weight is 220 g/mol. The van der Waals surface area contributed by atoms with Crippen molar-refractivity contribution in [2.45, 2.75) is 6.04 Å². The zero-order chi connectivity index (χ0) is 11.5. The normalized spacial score (nSPS) is 20.1.